The maximum Gasteiger partial charge on any atom is 0.239 e. The number of hydrogen-bond acceptors (Lipinski definition) is 3. The molecule has 1 aromatic heterocycles. The quantitative estimate of drug-likeness (QED) is 0.684. The fourth-order valence-corrected chi connectivity index (χ4v) is 2.32. The summed E-state index contributed by atoms with van der Waals surface area (Å²) >= 11 is 0. The molecule has 94 valence electrons. The fourth-order valence-electron chi connectivity index (χ4n) is 2.32. The first-order chi connectivity index (χ1) is 8.84. The third-order valence-corrected chi connectivity index (χ3v) is 3.23. The number of nitrogens with one attached hydrogen (secondary N) is 2. The smallest absolute Gasteiger partial charge is 0.239 e. The molecule has 0 radical (unpaired) electrons. The lowest BCUT2D eigenvalue weighted by Crippen LogP contribution is -2.49. The maximum atomic E-state index is 11.4. The molecule has 1 aromatic rings. The molecule has 18 heavy (non-hydrogen) atoms. The van der Waals surface area contributed by atoms with Gasteiger partial charge in [0.1, 0.15) is 0 Å². The predicted octanol–water partition coefficient (Wildman–Crippen LogP) is -0.743. The summed E-state index contributed by atoms with van der Waals surface area (Å²) in [5.41, 5.74) is 0. The largest absolute Gasteiger partial charge is 0.353 e. The van der Waals surface area contributed by atoms with E-state index in [9.17, 15) is 4.79 Å². The van der Waals surface area contributed by atoms with Crippen LogP contribution in [0, 0.1) is 0 Å². The first kappa shape index (κ1) is 11.1. The second kappa shape index (κ2) is 4.68. The van der Waals surface area contributed by atoms with Gasteiger partial charge in [0.2, 0.25) is 5.91 Å². The van der Waals surface area contributed by atoms with Gasteiger partial charge in [0.25, 0.3) is 0 Å². The highest BCUT2D eigenvalue weighted by atomic mass is 16.2. The number of aromatic nitrogens is 2. The van der Waals surface area contributed by atoms with Crippen LogP contribution >= 0.6 is 0 Å². The van der Waals surface area contributed by atoms with Gasteiger partial charge in [-0.25, -0.2) is 0 Å². The number of piperazine rings is 1. The minimum atomic E-state index is 0.0587. The highest BCUT2D eigenvalue weighted by molar-refractivity contribution is 5.82. The van der Waals surface area contributed by atoms with Crippen molar-refractivity contribution in [2.24, 2.45) is 0 Å². The molecule has 3 rings (SSSR count). The lowest BCUT2D eigenvalue weighted by Gasteiger charge is -2.26. The van der Waals surface area contributed by atoms with Crippen LogP contribution in [0.5, 0.6) is 0 Å². The summed E-state index contributed by atoms with van der Waals surface area (Å²) in [6.07, 6.45) is 10.5. The van der Waals surface area contributed by atoms with Crippen LogP contribution < -0.4 is 20.8 Å². The standard InChI is InChI=1S/C13H16N4O/c18-12-9-17(8-7-14-12)13-10-5-3-1-2-4-6-11(10)15-16-13/h1,3,5-6,15H,2,4,7-9H2,(H,14,18)/b3-1-,10-5+,11-6+. The summed E-state index contributed by atoms with van der Waals surface area (Å²) in [4.78, 5) is 13.5. The summed E-state index contributed by atoms with van der Waals surface area (Å²) < 4.78 is 0. The summed E-state index contributed by atoms with van der Waals surface area (Å²) in [6, 6.07) is 0. The minimum Gasteiger partial charge on any atom is -0.353 e. The summed E-state index contributed by atoms with van der Waals surface area (Å²) in [6.45, 7) is 1.87. The molecule has 0 unspecified atom stereocenters. The van der Waals surface area contributed by atoms with Gasteiger partial charge in [-0.15, -0.1) is 0 Å². The minimum absolute atomic E-state index is 0.0587. The Morgan fingerprint density at radius 1 is 1.33 bits per heavy atom. The van der Waals surface area contributed by atoms with E-state index in [0.717, 1.165) is 35.8 Å². The Kier molecular flexibility index (Phi) is 2.88. The monoisotopic (exact) mass is 244 g/mol. The van der Waals surface area contributed by atoms with Gasteiger partial charge in [0, 0.05) is 18.3 Å². The van der Waals surface area contributed by atoms with Gasteiger partial charge in [-0.2, -0.15) is 5.10 Å². The predicted molar refractivity (Wildman–Crippen MR) is 70.4 cm³/mol. The lowest BCUT2D eigenvalue weighted by atomic mass is 10.2. The van der Waals surface area contributed by atoms with Crippen LogP contribution in [-0.4, -0.2) is 35.7 Å². The van der Waals surface area contributed by atoms with Gasteiger partial charge in [0.05, 0.1) is 11.9 Å². The molecule has 0 aromatic carbocycles. The lowest BCUT2D eigenvalue weighted by molar-refractivity contribution is -0.120. The molecule has 0 atom stereocenters. The van der Waals surface area contributed by atoms with Crippen LogP contribution in [0.2, 0.25) is 0 Å². The van der Waals surface area contributed by atoms with E-state index in [-0.39, 0.29) is 5.91 Å². The van der Waals surface area contributed by atoms with Crippen molar-refractivity contribution in [1.29, 1.82) is 0 Å². The van der Waals surface area contributed by atoms with Crippen molar-refractivity contribution in [2.75, 3.05) is 24.5 Å². The van der Waals surface area contributed by atoms with Gasteiger partial charge in [-0.05, 0) is 18.9 Å². The van der Waals surface area contributed by atoms with Crippen LogP contribution in [0.25, 0.3) is 12.2 Å². The molecular weight excluding hydrogens is 228 g/mol. The van der Waals surface area contributed by atoms with Crippen LogP contribution in [0.3, 0.4) is 0 Å². The van der Waals surface area contributed by atoms with Gasteiger partial charge in [-0.3, -0.25) is 9.89 Å². The maximum absolute atomic E-state index is 11.4. The Bertz CT molecular complexity index is 599. The van der Waals surface area contributed by atoms with Crippen molar-refractivity contribution in [3.05, 3.63) is 22.7 Å². The van der Waals surface area contributed by atoms with Gasteiger partial charge >= 0.3 is 0 Å². The van der Waals surface area contributed by atoms with Crippen molar-refractivity contribution in [1.82, 2.24) is 15.5 Å². The Morgan fingerprint density at radius 2 is 2.28 bits per heavy atom. The molecule has 0 bridgehead atoms. The number of fused-ring (bicyclic) bond motifs is 1. The number of anilines is 1. The third-order valence-electron chi connectivity index (χ3n) is 3.23. The molecule has 2 aliphatic rings. The number of nitrogens with zero attached hydrogens (tertiary/aromatic N) is 2. The number of H-pyrrole nitrogens is 1. The van der Waals surface area contributed by atoms with Crippen molar-refractivity contribution < 1.29 is 4.79 Å². The zero-order chi connectivity index (χ0) is 12.4. The van der Waals surface area contributed by atoms with Gasteiger partial charge in [-0.1, -0.05) is 18.2 Å². The number of rotatable bonds is 1. The van der Waals surface area contributed by atoms with Crippen molar-refractivity contribution in [3.8, 4) is 0 Å². The van der Waals surface area contributed by atoms with Gasteiger partial charge < -0.3 is 10.2 Å². The van der Waals surface area contributed by atoms with Crippen LogP contribution in [0.4, 0.5) is 5.82 Å². The SMILES string of the molecule is O=C1CN(c2n[nH]c3/c2=C\C=C/CC\C=3)CCN1. The zero-order valence-electron chi connectivity index (χ0n) is 10.1. The summed E-state index contributed by atoms with van der Waals surface area (Å²) in [5, 5.41) is 12.4. The zero-order valence-corrected chi connectivity index (χ0v) is 10.1. The fraction of sp³-hybridized carbons (Fsp3) is 0.385. The van der Waals surface area contributed by atoms with E-state index in [2.05, 4.69) is 39.8 Å². The molecule has 5 nitrogen and oxygen atoms in total. The molecule has 1 amide bonds. The molecule has 1 aliphatic heterocycles. The molecule has 5 heteroatoms. The topological polar surface area (TPSA) is 61.0 Å². The van der Waals surface area contributed by atoms with Crippen molar-refractivity contribution >= 4 is 23.9 Å². The van der Waals surface area contributed by atoms with E-state index in [1.54, 1.807) is 0 Å². The summed E-state index contributed by atoms with van der Waals surface area (Å²) in [7, 11) is 0. The van der Waals surface area contributed by atoms with E-state index in [1.807, 2.05) is 4.90 Å². The first-order valence-corrected chi connectivity index (χ1v) is 6.28. The number of hydrogen-bond donors (Lipinski definition) is 2. The van der Waals surface area contributed by atoms with E-state index < -0.39 is 0 Å². The molecule has 1 aliphatic carbocycles. The molecule has 1 fully saturated rings. The van der Waals surface area contributed by atoms with Crippen molar-refractivity contribution in [2.45, 2.75) is 12.8 Å². The average Bonchev–Trinajstić information content (AvgIpc) is 2.71. The Balaban J connectivity index is 2.04. The Hall–Kier alpha value is -2.04. The van der Waals surface area contributed by atoms with Crippen LogP contribution in [0.1, 0.15) is 12.8 Å². The number of carbonyl (C=O) groups is 1. The van der Waals surface area contributed by atoms with E-state index in [4.69, 9.17) is 0 Å². The second-order valence-corrected chi connectivity index (χ2v) is 4.52. The number of carbonyl (C=O) groups excluding carboxylic acids is 1. The van der Waals surface area contributed by atoms with Gasteiger partial charge in [0.15, 0.2) is 5.82 Å². The van der Waals surface area contributed by atoms with E-state index in [1.165, 1.54) is 0 Å². The number of aromatic amines is 1. The summed E-state index contributed by atoms with van der Waals surface area (Å²) in [5.74, 6) is 0.936. The number of allylic oxidation sites excluding steroid dienone is 2. The molecule has 2 N–H and O–H groups in total. The van der Waals surface area contributed by atoms with Crippen LogP contribution in [-0.2, 0) is 4.79 Å². The average molecular weight is 244 g/mol. The Labute approximate surface area is 105 Å². The highest BCUT2D eigenvalue weighted by Crippen LogP contribution is 2.04. The second-order valence-electron chi connectivity index (χ2n) is 4.52. The normalized spacial score (nSPS) is 24.7. The number of amides is 1. The van der Waals surface area contributed by atoms with E-state index in [0.29, 0.717) is 13.1 Å². The molecule has 0 saturated carbocycles. The third kappa shape index (κ3) is 2.03. The Morgan fingerprint density at radius 3 is 3.17 bits per heavy atom. The highest BCUT2D eigenvalue weighted by Gasteiger charge is 2.19. The first-order valence-electron chi connectivity index (χ1n) is 6.28. The molecule has 0 spiro atoms. The van der Waals surface area contributed by atoms with Crippen LogP contribution in [0.15, 0.2) is 12.2 Å². The van der Waals surface area contributed by atoms with Crippen molar-refractivity contribution in [3.63, 3.8) is 0 Å². The molecular formula is C13H16N4O. The van der Waals surface area contributed by atoms with E-state index >= 15 is 0 Å². The molecule has 1 saturated heterocycles. The molecule has 2 heterocycles.